The summed E-state index contributed by atoms with van der Waals surface area (Å²) < 4.78 is 31.8. The fourth-order valence-corrected chi connectivity index (χ4v) is 3.36. The van der Waals surface area contributed by atoms with Crippen molar-refractivity contribution in [2.24, 2.45) is 0 Å². The molecule has 0 fully saturated rings. The summed E-state index contributed by atoms with van der Waals surface area (Å²) >= 11 is 11.9. The summed E-state index contributed by atoms with van der Waals surface area (Å²) in [5.74, 6) is -0.933. The SMILES string of the molecule is Cc1c(Cl)cc(S(=O)(=O)NC[C@@](C)(O)C(=O)OC(C)(C)C)cc1Cl. The van der Waals surface area contributed by atoms with Crippen LogP contribution in [0.3, 0.4) is 0 Å². The number of nitrogens with one attached hydrogen (secondary N) is 1. The second-order valence-electron chi connectivity index (χ2n) is 6.61. The lowest BCUT2D eigenvalue weighted by Crippen LogP contribution is -2.49. The lowest BCUT2D eigenvalue weighted by atomic mass is 10.1. The number of rotatable bonds is 5. The molecule has 1 aromatic carbocycles. The number of hydrogen-bond acceptors (Lipinski definition) is 5. The predicted molar refractivity (Wildman–Crippen MR) is 92.9 cm³/mol. The number of benzene rings is 1. The Labute approximate surface area is 152 Å². The fourth-order valence-electron chi connectivity index (χ4n) is 1.56. The third-order valence-electron chi connectivity index (χ3n) is 3.01. The van der Waals surface area contributed by atoms with Gasteiger partial charge in [0.25, 0.3) is 0 Å². The maximum atomic E-state index is 12.3. The van der Waals surface area contributed by atoms with Crippen LogP contribution >= 0.6 is 23.2 Å². The van der Waals surface area contributed by atoms with Gasteiger partial charge in [0.05, 0.1) is 11.4 Å². The first-order valence-electron chi connectivity index (χ1n) is 7.07. The van der Waals surface area contributed by atoms with Crippen molar-refractivity contribution in [3.63, 3.8) is 0 Å². The number of aliphatic hydroxyl groups is 1. The Morgan fingerprint density at radius 3 is 2.08 bits per heavy atom. The molecule has 0 saturated heterocycles. The lowest BCUT2D eigenvalue weighted by Gasteiger charge is -2.27. The van der Waals surface area contributed by atoms with Crippen molar-refractivity contribution in [3.8, 4) is 0 Å². The van der Waals surface area contributed by atoms with Crippen LogP contribution in [0.1, 0.15) is 33.3 Å². The third-order valence-corrected chi connectivity index (χ3v) is 5.18. The zero-order valence-corrected chi connectivity index (χ0v) is 16.4. The minimum Gasteiger partial charge on any atom is -0.458 e. The highest BCUT2D eigenvalue weighted by Gasteiger charge is 2.36. The Kier molecular flexibility index (Phi) is 6.33. The van der Waals surface area contributed by atoms with Crippen molar-refractivity contribution >= 4 is 39.2 Å². The molecule has 0 radical (unpaired) electrons. The smallest absolute Gasteiger partial charge is 0.339 e. The summed E-state index contributed by atoms with van der Waals surface area (Å²) in [5, 5.41) is 10.5. The number of halogens is 2. The first-order chi connectivity index (χ1) is 10.7. The molecular weight excluding hydrogens is 377 g/mol. The molecule has 6 nitrogen and oxygen atoms in total. The van der Waals surface area contributed by atoms with E-state index in [-0.39, 0.29) is 14.9 Å². The van der Waals surface area contributed by atoms with E-state index in [0.29, 0.717) is 5.56 Å². The fraction of sp³-hybridized carbons (Fsp3) is 0.533. The normalized spacial score (nSPS) is 15.0. The van der Waals surface area contributed by atoms with Gasteiger partial charge in [0.1, 0.15) is 5.60 Å². The minimum absolute atomic E-state index is 0.164. The summed E-state index contributed by atoms with van der Waals surface area (Å²) in [7, 11) is -4.02. The maximum absolute atomic E-state index is 12.3. The van der Waals surface area contributed by atoms with Crippen LogP contribution in [0, 0.1) is 6.92 Å². The molecule has 0 amide bonds. The van der Waals surface area contributed by atoms with Gasteiger partial charge in [-0.3, -0.25) is 0 Å². The van der Waals surface area contributed by atoms with Gasteiger partial charge >= 0.3 is 5.97 Å². The molecule has 0 aromatic heterocycles. The maximum Gasteiger partial charge on any atom is 0.339 e. The van der Waals surface area contributed by atoms with Crippen molar-refractivity contribution in [2.75, 3.05) is 6.54 Å². The molecule has 1 atom stereocenters. The van der Waals surface area contributed by atoms with Crippen LogP contribution in [-0.4, -0.2) is 37.2 Å². The highest BCUT2D eigenvalue weighted by Crippen LogP contribution is 2.27. The molecule has 1 aromatic rings. The van der Waals surface area contributed by atoms with Crippen LogP contribution in [0.15, 0.2) is 17.0 Å². The third kappa shape index (κ3) is 5.60. The number of carbonyl (C=O) groups excluding carboxylic acids is 1. The summed E-state index contributed by atoms with van der Waals surface area (Å²) in [5.41, 5.74) is -2.28. The highest BCUT2D eigenvalue weighted by molar-refractivity contribution is 7.89. The van der Waals surface area contributed by atoms with Gasteiger partial charge < -0.3 is 9.84 Å². The molecule has 0 heterocycles. The zero-order valence-electron chi connectivity index (χ0n) is 14.1. The Bertz CT molecular complexity index is 716. The quantitative estimate of drug-likeness (QED) is 0.744. The zero-order chi connectivity index (χ0) is 18.9. The van der Waals surface area contributed by atoms with Crippen molar-refractivity contribution in [1.29, 1.82) is 0 Å². The average Bonchev–Trinajstić information content (AvgIpc) is 2.40. The van der Waals surface area contributed by atoms with E-state index in [0.717, 1.165) is 0 Å². The molecule has 0 aliphatic carbocycles. The minimum atomic E-state index is -4.02. The second kappa shape index (κ2) is 7.17. The van der Waals surface area contributed by atoms with Crippen molar-refractivity contribution < 1.29 is 23.1 Å². The first-order valence-corrected chi connectivity index (χ1v) is 9.31. The Hall–Kier alpha value is -0.860. The van der Waals surface area contributed by atoms with Gasteiger partial charge in [0.15, 0.2) is 5.60 Å². The van der Waals surface area contributed by atoms with E-state index < -0.39 is 33.7 Å². The standard InChI is InChI=1S/C15H21Cl2NO5S/c1-9-11(16)6-10(7-12(9)17)24(21,22)18-8-15(5,20)13(19)23-14(2,3)4/h6-7,18,20H,8H2,1-5H3/t15-/m1/s1. The van der Waals surface area contributed by atoms with Crippen LogP contribution in [0.4, 0.5) is 0 Å². The Morgan fingerprint density at radius 1 is 1.21 bits per heavy atom. The monoisotopic (exact) mass is 397 g/mol. The van der Waals surface area contributed by atoms with Gasteiger partial charge in [-0.05, 0) is 52.3 Å². The van der Waals surface area contributed by atoms with E-state index in [9.17, 15) is 18.3 Å². The molecule has 1 rings (SSSR count). The Balaban J connectivity index is 2.94. The van der Waals surface area contributed by atoms with E-state index >= 15 is 0 Å². The number of esters is 1. The van der Waals surface area contributed by atoms with E-state index in [1.54, 1.807) is 27.7 Å². The first kappa shape index (κ1) is 21.2. The van der Waals surface area contributed by atoms with Gasteiger partial charge in [-0.1, -0.05) is 23.2 Å². The van der Waals surface area contributed by atoms with Gasteiger partial charge in [-0.25, -0.2) is 17.9 Å². The molecule has 136 valence electrons. The van der Waals surface area contributed by atoms with E-state index in [1.165, 1.54) is 19.1 Å². The van der Waals surface area contributed by atoms with E-state index in [1.807, 2.05) is 0 Å². The average molecular weight is 398 g/mol. The van der Waals surface area contributed by atoms with Crippen LogP contribution in [-0.2, 0) is 19.6 Å². The van der Waals surface area contributed by atoms with Gasteiger partial charge in [0, 0.05) is 10.0 Å². The summed E-state index contributed by atoms with van der Waals surface area (Å²) in [6, 6.07) is 2.49. The van der Waals surface area contributed by atoms with Gasteiger partial charge in [-0.15, -0.1) is 0 Å². The molecule has 0 aliphatic heterocycles. The number of ether oxygens (including phenoxy) is 1. The van der Waals surface area contributed by atoms with Crippen LogP contribution in [0.25, 0.3) is 0 Å². The molecule has 0 unspecified atom stereocenters. The number of hydrogen-bond donors (Lipinski definition) is 2. The summed E-state index contributed by atoms with van der Waals surface area (Å²) in [6.07, 6.45) is 0. The highest BCUT2D eigenvalue weighted by atomic mass is 35.5. The summed E-state index contributed by atoms with van der Waals surface area (Å²) in [4.78, 5) is 11.8. The number of carbonyl (C=O) groups is 1. The molecule has 0 aliphatic rings. The van der Waals surface area contributed by atoms with Gasteiger partial charge in [0.2, 0.25) is 10.0 Å². The van der Waals surface area contributed by atoms with E-state index in [2.05, 4.69) is 4.72 Å². The van der Waals surface area contributed by atoms with Crippen molar-refractivity contribution in [1.82, 2.24) is 4.72 Å². The predicted octanol–water partition coefficient (Wildman–Crippen LogP) is 2.67. The molecule has 0 bridgehead atoms. The van der Waals surface area contributed by atoms with E-state index in [4.69, 9.17) is 27.9 Å². The van der Waals surface area contributed by atoms with Crippen LogP contribution in [0.2, 0.25) is 10.0 Å². The number of sulfonamides is 1. The largest absolute Gasteiger partial charge is 0.458 e. The van der Waals surface area contributed by atoms with Crippen LogP contribution < -0.4 is 4.72 Å². The molecule has 24 heavy (non-hydrogen) atoms. The molecule has 2 N–H and O–H groups in total. The molecule has 9 heteroatoms. The molecular formula is C15H21Cl2NO5S. The van der Waals surface area contributed by atoms with Crippen LogP contribution in [0.5, 0.6) is 0 Å². The Morgan fingerprint density at radius 2 is 1.67 bits per heavy atom. The van der Waals surface area contributed by atoms with Gasteiger partial charge in [-0.2, -0.15) is 0 Å². The second-order valence-corrected chi connectivity index (χ2v) is 9.19. The van der Waals surface area contributed by atoms with Crippen molar-refractivity contribution in [2.45, 2.75) is 50.7 Å². The summed E-state index contributed by atoms with van der Waals surface area (Å²) in [6.45, 7) is 7.18. The molecule has 0 spiro atoms. The molecule has 0 saturated carbocycles. The van der Waals surface area contributed by atoms with Crippen molar-refractivity contribution in [3.05, 3.63) is 27.7 Å². The lowest BCUT2D eigenvalue weighted by molar-refractivity contribution is -0.174. The topological polar surface area (TPSA) is 92.7 Å².